The molecule has 2 aromatic carbocycles. The Morgan fingerprint density at radius 1 is 0.929 bits per heavy atom. The molecule has 0 saturated carbocycles. The van der Waals surface area contributed by atoms with Gasteiger partial charge in [0.05, 0.1) is 25.5 Å². The largest absolute Gasteiger partial charge is 0.495 e. The highest BCUT2D eigenvalue weighted by Crippen LogP contribution is 2.24. The molecule has 1 aromatic heterocycles. The Morgan fingerprint density at radius 2 is 1.68 bits per heavy atom. The van der Waals surface area contributed by atoms with Crippen LogP contribution in [0.25, 0.3) is 0 Å². The molecule has 1 heterocycles. The molecule has 0 radical (unpaired) electrons. The number of benzene rings is 2. The van der Waals surface area contributed by atoms with Crippen molar-refractivity contribution in [3.63, 3.8) is 0 Å². The Labute approximate surface area is 162 Å². The Kier molecular flexibility index (Phi) is 5.86. The number of esters is 1. The molecule has 0 aliphatic carbocycles. The van der Waals surface area contributed by atoms with Crippen LogP contribution in [-0.4, -0.2) is 31.1 Å². The summed E-state index contributed by atoms with van der Waals surface area (Å²) >= 11 is 0. The van der Waals surface area contributed by atoms with Crippen LogP contribution in [0, 0.1) is 0 Å². The van der Waals surface area contributed by atoms with E-state index in [1.54, 1.807) is 61.8 Å². The first kappa shape index (κ1) is 18.9. The fourth-order valence-electron chi connectivity index (χ4n) is 2.54. The van der Waals surface area contributed by atoms with Crippen LogP contribution in [-0.2, 0) is 4.74 Å². The van der Waals surface area contributed by atoms with Gasteiger partial charge in [-0.1, -0.05) is 12.1 Å². The Hall–Kier alpha value is -3.87. The maximum atomic E-state index is 12.5. The third kappa shape index (κ3) is 4.45. The van der Waals surface area contributed by atoms with Gasteiger partial charge in [-0.05, 0) is 48.5 Å². The minimum atomic E-state index is -0.397. The number of amides is 1. The van der Waals surface area contributed by atoms with Gasteiger partial charge in [0.1, 0.15) is 11.4 Å². The average Bonchev–Trinajstić information content (AvgIpc) is 2.74. The number of hydrogen-bond acceptors (Lipinski definition) is 6. The molecule has 0 fully saturated rings. The second kappa shape index (κ2) is 8.68. The number of methoxy groups -OCH3 is 2. The number of anilines is 3. The summed E-state index contributed by atoms with van der Waals surface area (Å²) in [5, 5.41) is 5.96. The molecule has 0 atom stereocenters. The second-order valence-electron chi connectivity index (χ2n) is 5.78. The highest BCUT2D eigenvalue weighted by molar-refractivity contribution is 6.04. The van der Waals surface area contributed by atoms with E-state index in [4.69, 9.17) is 4.74 Å². The van der Waals surface area contributed by atoms with E-state index in [0.29, 0.717) is 22.7 Å². The number of ether oxygens (including phenoxy) is 2. The van der Waals surface area contributed by atoms with Crippen molar-refractivity contribution < 1.29 is 19.1 Å². The van der Waals surface area contributed by atoms with Gasteiger partial charge in [0.2, 0.25) is 0 Å². The first-order valence-corrected chi connectivity index (χ1v) is 8.46. The summed E-state index contributed by atoms with van der Waals surface area (Å²) < 4.78 is 9.92. The normalized spacial score (nSPS) is 10.1. The van der Waals surface area contributed by atoms with Crippen LogP contribution in [0.2, 0.25) is 0 Å². The summed E-state index contributed by atoms with van der Waals surface area (Å²) in [6.07, 6.45) is 1.54. The van der Waals surface area contributed by atoms with E-state index < -0.39 is 5.97 Å². The molecule has 2 N–H and O–H groups in total. The number of carbonyl (C=O) groups is 2. The number of rotatable bonds is 6. The number of hydrogen-bond donors (Lipinski definition) is 2. The van der Waals surface area contributed by atoms with Gasteiger partial charge in [0.15, 0.2) is 0 Å². The summed E-state index contributed by atoms with van der Waals surface area (Å²) in [4.78, 5) is 28.2. The zero-order chi connectivity index (χ0) is 19.9. The van der Waals surface area contributed by atoms with Crippen molar-refractivity contribution in [1.29, 1.82) is 0 Å². The molecule has 28 heavy (non-hydrogen) atoms. The first-order valence-electron chi connectivity index (χ1n) is 8.46. The maximum absolute atomic E-state index is 12.5. The third-order valence-electron chi connectivity index (χ3n) is 3.94. The lowest BCUT2D eigenvalue weighted by Crippen LogP contribution is -2.14. The molecular weight excluding hydrogens is 358 g/mol. The van der Waals surface area contributed by atoms with Crippen molar-refractivity contribution in [3.05, 3.63) is 78.1 Å². The Balaban J connectivity index is 1.73. The Morgan fingerprint density at radius 3 is 2.39 bits per heavy atom. The molecule has 7 heteroatoms. The van der Waals surface area contributed by atoms with E-state index in [1.807, 2.05) is 12.1 Å². The van der Waals surface area contributed by atoms with Crippen LogP contribution in [0.5, 0.6) is 5.75 Å². The average molecular weight is 377 g/mol. The van der Waals surface area contributed by atoms with Gasteiger partial charge in [0, 0.05) is 17.6 Å². The highest BCUT2D eigenvalue weighted by atomic mass is 16.5. The molecule has 1 amide bonds. The number of para-hydroxylation sites is 2. The van der Waals surface area contributed by atoms with Gasteiger partial charge in [-0.25, -0.2) is 4.79 Å². The molecule has 0 aliphatic rings. The van der Waals surface area contributed by atoms with Crippen LogP contribution in [0.4, 0.5) is 17.1 Å². The standard InChI is InChI=1S/C21H19N3O4/c1-27-19-6-4-3-5-17(19)24-20(25)18-13-16(11-12-22-18)23-15-9-7-14(8-10-15)21(26)28-2/h3-13H,1-2H3,(H,22,23)(H,24,25). The van der Waals surface area contributed by atoms with Crippen molar-refractivity contribution in [2.45, 2.75) is 0 Å². The molecular formula is C21H19N3O4. The topological polar surface area (TPSA) is 89.5 Å². The SMILES string of the molecule is COC(=O)c1ccc(Nc2ccnc(C(=O)Nc3ccccc3OC)c2)cc1. The molecule has 3 rings (SSSR count). The summed E-state index contributed by atoms with van der Waals surface area (Å²) in [6, 6.07) is 17.3. The quantitative estimate of drug-likeness (QED) is 0.634. The van der Waals surface area contributed by atoms with E-state index in [-0.39, 0.29) is 11.6 Å². The number of carbonyl (C=O) groups excluding carboxylic acids is 2. The lowest BCUT2D eigenvalue weighted by atomic mass is 10.2. The van der Waals surface area contributed by atoms with Crippen LogP contribution in [0.3, 0.4) is 0 Å². The third-order valence-corrected chi connectivity index (χ3v) is 3.94. The molecule has 0 spiro atoms. The summed E-state index contributed by atoms with van der Waals surface area (Å²) in [5.41, 5.74) is 2.72. The second-order valence-corrected chi connectivity index (χ2v) is 5.78. The fourth-order valence-corrected chi connectivity index (χ4v) is 2.54. The van der Waals surface area contributed by atoms with E-state index in [1.165, 1.54) is 7.11 Å². The van der Waals surface area contributed by atoms with Crippen LogP contribution >= 0.6 is 0 Å². The van der Waals surface area contributed by atoms with Gasteiger partial charge in [-0.2, -0.15) is 0 Å². The van der Waals surface area contributed by atoms with Gasteiger partial charge < -0.3 is 20.1 Å². The smallest absolute Gasteiger partial charge is 0.337 e. The number of nitrogens with zero attached hydrogens (tertiary/aromatic N) is 1. The van der Waals surface area contributed by atoms with Crippen molar-refractivity contribution in [2.24, 2.45) is 0 Å². The minimum absolute atomic E-state index is 0.252. The maximum Gasteiger partial charge on any atom is 0.337 e. The van der Waals surface area contributed by atoms with Crippen LogP contribution < -0.4 is 15.4 Å². The fraction of sp³-hybridized carbons (Fsp3) is 0.0952. The van der Waals surface area contributed by atoms with E-state index >= 15 is 0 Å². The molecule has 0 bridgehead atoms. The number of nitrogens with one attached hydrogen (secondary N) is 2. The molecule has 0 unspecified atom stereocenters. The van der Waals surface area contributed by atoms with E-state index in [0.717, 1.165) is 5.69 Å². The highest BCUT2D eigenvalue weighted by Gasteiger charge is 2.11. The lowest BCUT2D eigenvalue weighted by Gasteiger charge is -2.11. The van der Waals surface area contributed by atoms with Gasteiger partial charge >= 0.3 is 5.97 Å². The zero-order valence-corrected chi connectivity index (χ0v) is 15.4. The lowest BCUT2D eigenvalue weighted by molar-refractivity contribution is 0.0600. The predicted molar refractivity (Wildman–Crippen MR) is 106 cm³/mol. The molecule has 142 valence electrons. The zero-order valence-electron chi connectivity index (χ0n) is 15.4. The Bertz CT molecular complexity index is 987. The van der Waals surface area contributed by atoms with Gasteiger partial charge in [-0.3, -0.25) is 9.78 Å². The first-order chi connectivity index (χ1) is 13.6. The van der Waals surface area contributed by atoms with Crippen molar-refractivity contribution in [2.75, 3.05) is 24.9 Å². The molecule has 0 aliphatic heterocycles. The van der Waals surface area contributed by atoms with Gasteiger partial charge in [-0.15, -0.1) is 0 Å². The van der Waals surface area contributed by atoms with Crippen LogP contribution in [0.1, 0.15) is 20.8 Å². The summed E-state index contributed by atoms with van der Waals surface area (Å²) in [6.45, 7) is 0. The van der Waals surface area contributed by atoms with Crippen molar-refractivity contribution in [1.82, 2.24) is 4.98 Å². The predicted octanol–water partition coefficient (Wildman–Crippen LogP) is 3.87. The van der Waals surface area contributed by atoms with E-state index in [2.05, 4.69) is 20.4 Å². The number of aromatic nitrogens is 1. The molecule has 7 nitrogen and oxygen atoms in total. The minimum Gasteiger partial charge on any atom is -0.495 e. The van der Waals surface area contributed by atoms with Crippen molar-refractivity contribution in [3.8, 4) is 5.75 Å². The molecule has 0 saturated heterocycles. The van der Waals surface area contributed by atoms with Gasteiger partial charge in [0.25, 0.3) is 5.91 Å². The molecule has 3 aromatic rings. The summed E-state index contributed by atoms with van der Waals surface area (Å²) in [7, 11) is 2.88. The monoisotopic (exact) mass is 377 g/mol. The number of pyridine rings is 1. The van der Waals surface area contributed by atoms with E-state index in [9.17, 15) is 9.59 Å². The summed E-state index contributed by atoms with van der Waals surface area (Å²) in [5.74, 6) is -0.184. The van der Waals surface area contributed by atoms with Crippen LogP contribution in [0.15, 0.2) is 66.9 Å². The van der Waals surface area contributed by atoms with Crippen molar-refractivity contribution >= 4 is 28.9 Å².